The molecule has 0 aromatic heterocycles. The number of nitrogens with zero attached hydrogens (tertiary/aromatic N) is 1. The van der Waals surface area contributed by atoms with Gasteiger partial charge in [0, 0.05) is 5.92 Å². The van der Waals surface area contributed by atoms with Crippen LogP contribution in [0.25, 0.3) is 0 Å². The topological polar surface area (TPSA) is 70.3 Å². The second-order valence-corrected chi connectivity index (χ2v) is 4.42. The highest BCUT2D eigenvalue weighted by Gasteiger charge is 2.49. The first-order valence-corrected chi connectivity index (χ1v) is 5.49. The van der Waals surface area contributed by atoms with Crippen molar-refractivity contribution >= 4 is 5.97 Å². The highest BCUT2D eigenvalue weighted by atomic mass is 16.5. The van der Waals surface area contributed by atoms with Gasteiger partial charge >= 0.3 is 5.97 Å². The predicted molar refractivity (Wildman–Crippen MR) is 60.5 cm³/mol. The molecule has 0 heterocycles. The largest absolute Gasteiger partial charge is 0.478 e. The van der Waals surface area contributed by atoms with Crippen molar-refractivity contribution in [3.05, 3.63) is 29.8 Å². The maximum Gasteiger partial charge on any atom is 0.348 e. The third-order valence-electron chi connectivity index (χ3n) is 3.09. The van der Waals surface area contributed by atoms with Crippen LogP contribution in [0.5, 0.6) is 5.75 Å². The fourth-order valence-corrected chi connectivity index (χ4v) is 1.78. The maximum atomic E-state index is 11.3. The van der Waals surface area contributed by atoms with E-state index in [2.05, 4.69) is 0 Å². The number of benzene rings is 1. The van der Waals surface area contributed by atoms with Crippen LogP contribution in [0.2, 0.25) is 0 Å². The molecule has 0 aliphatic heterocycles. The predicted octanol–water partition coefficient (Wildman–Crippen LogP) is 2.19. The molecule has 2 rings (SSSR count). The van der Waals surface area contributed by atoms with E-state index < -0.39 is 11.6 Å². The van der Waals surface area contributed by atoms with Gasteiger partial charge in [0.25, 0.3) is 0 Å². The van der Waals surface area contributed by atoms with Gasteiger partial charge in [0.2, 0.25) is 5.60 Å². The van der Waals surface area contributed by atoms with Crippen LogP contribution in [0.1, 0.15) is 25.3 Å². The number of carboxylic acid groups (broad SMARTS) is 1. The van der Waals surface area contributed by atoms with Gasteiger partial charge in [-0.05, 0) is 44.0 Å². The lowest BCUT2D eigenvalue weighted by Gasteiger charge is -2.26. The Morgan fingerprint density at radius 1 is 1.47 bits per heavy atom. The summed E-state index contributed by atoms with van der Waals surface area (Å²) in [5, 5.41) is 17.9. The Hall–Kier alpha value is -2.02. The quantitative estimate of drug-likeness (QED) is 0.862. The van der Waals surface area contributed by atoms with Gasteiger partial charge in [0.05, 0.1) is 11.6 Å². The van der Waals surface area contributed by atoms with Crippen molar-refractivity contribution in [2.24, 2.45) is 5.92 Å². The molecule has 1 atom stereocenters. The zero-order chi connectivity index (χ0) is 12.5. The van der Waals surface area contributed by atoms with Crippen molar-refractivity contribution in [1.82, 2.24) is 0 Å². The van der Waals surface area contributed by atoms with Crippen LogP contribution in [-0.4, -0.2) is 16.7 Å². The summed E-state index contributed by atoms with van der Waals surface area (Å²) in [5.74, 6) is -0.374. The Labute approximate surface area is 99.4 Å². The minimum atomic E-state index is -1.16. The van der Waals surface area contributed by atoms with Gasteiger partial charge in [-0.3, -0.25) is 0 Å². The van der Waals surface area contributed by atoms with Crippen LogP contribution in [0.4, 0.5) is 0 Å². The molecule has 0 saturated heterocycles. The zero-order valence-electron chi connectivity index (χ0n) is 9.51. The van der Waals surface area contributed by atoms with E-state index in [9.17, 15) is 9.90 Å². The summed E-state index contributed by atoms with van der Waals surface area (Å²) in [6.45, 7) is 1.60. The lowest BCUT2D eigenvalue weighted by molar-refractivity contribution is -0.155. The Bertz CT molecular complexity index is 470. The number of carbonyl (C=O) groups is 1. The molecule has 1 aromatic rings. The normalized spacial score (nSPS) is 17.9. The monoisotopic (exact) mass is 231 g/mol. The third kappa shape index (κ3) is 2.23. The Morgan fingerprint density at radius 3 is 2.47 bits per heavy atom. The van der Waals surface area contributed by atoms with Crippen LogP contribution in [0.15, 0.2) is 24.3 Å². The number of carboxylic acids is 1. The summed E-state index contributed by atoms with van der Waals surface area (Å²) < 4.78 is 5.58. The molecule has 0 bridgehead atoms. The van der Waals surface area contributed by atoms with Crippen molar-refractivity contribution in [1.29, 1.82) is 5.26 Å². The Kier molecular flexibility index (Phi) is 2.76. The molecule has 1 aliphatic rings. The van der Waals surface area contributed by atoms with Crippen LogP contribution < -0.4 is 4.74 Å². The van der Waals surface area contributed by atoms with E-state index in [-0.39, 0.29) is 5.92 Å². The molecule has 4 nitrogen and oxygen atoms in total. The highest BCUT2D eigenvalue weighted by Crippen LogP contribution is 2.42. The van der Waals surface area contributed by atoms with Crippen LogP contribution >= 0.6 is 0 Å². The third-order valence-corrected chi connectivity index (χ3v) is 3.09. The van der Waals surface area contributed by atoms with Gasteiger partial charge in [-0.1, -0.05) is 0 Å². The molecule has 1 fully saturated rings. The minimum absolute atomic E-state index is 0.0793. The first kappa shape index (κ1) is 11.5. The zero-order valence-corrected chi connectivity index (χ0v) is 9.51. The van der Waals surface area contributed by atoms with Gasteiger partial charge < -0.3 is 9.84 Å². The number of ether oxygens (including phenoxy) is 1. The van der Waals surface area contributed by atoms with Crippen molar-refractivity contribution in [2.75, 3.05) is 0 Å². The van der Waals surface area contributed by atoms with E-state index in [0.717, 1.165) is 12.8 Å². The van der Waals surface area contributed by atoms with Gasteiger partial charge in [-0.2, -0.15) is 5.26 Å². The number of hydrogen-bond acceptors (Lipinski definition) is 3. The number of aliphatic carboxylic acids is 1. The van der Waals surface area contributed by atoms with Gasteiger partial charge in [0.1, 0.15) is 5.75 Å². The molecule has 0 radical (unpaired) electrons. The summed E-state index contributed by atoms with van der Waals surface area (Å²) in [6, 6.07) is 8.49. The summed E-state index contributed by atoms with van der Waals surface area (Å²) in [7, 11) is 0. The summed E-state index contributed by atoms with van der Waals surface area (Å²) in [6.07, 6.45) is 1.78. The molecule has 0 spiro atoms. The summed E-state index contributed by atoms with van der Waals surface area (Å²) in [4.78, 5) is 11.3. The lowest BCUT2D eigenvalue weighted by atomic mass is 10.0. The van der Waals surface area contributed by atoms with E-state index in [1.807, 2.05) is 6.07 Å². The minimum Gasteiger partial charge on any atom is -0.478 e. The fraction of sp³-hybridized carbons (Fsp3) is 0.385. The standard InChI is InChI=1S/C13H13NO3/c1-13(12(15)16,10-4-5-10)17-11-6-2-9(8-14)3-7-11/h2-3,6-7,10H,4-5H2,1H3,(H,15,16). The molecule has 1 saturated carbocycles. The SMILES string of the molecule is CC(Oc1ccc(C#N)cc1)(C(=O)O)C1CC1. The smallest absolute Gasteiger partial charge is 0.348 e. The van der Waals surface area contributed by atoms with Crippen molar-refractivity contribution in [3.8, 4) is 11.8 Å². The van der Waals surface area contributed by atoms with E-state index in [0.29, 0.717) is 11.3 Å². The molecule has 1 unspecified atom stereocenters. The maximum absolute atomic E-state index is 11.3. The Morgan fingerprint density at radius 2 is 2.06 bits per heavy atom. The van der Waals surface area contributed by atoms with E-state index >= 15 is 0 Å². The molecule has 88 valence electrons. The molecule has 1 aliphatic carbocycles. The fourth-order valence-electron chi connectivity index (χ4n) is 1.78. The van der Waals surface area contributed by atoms with Crippen molar-refractivity contribution < 1.29 is 14.6 Å². The number of rotatable bonds is 4. The molecule has 1 aromatic carbocycles. The van der Waals surface area contributed by atoms with Crippen molar-refractivity contribution in [2.45, 2.75) is 25.4 Å². The molecular formula is C13H13NO3. The van der Waals surface area contributed by atoms with E-state index in [1.54, 1.807) is 31.2 Å². The van der Waals surface area contributed by atoms with Crippen LogP contribution in [0, 0.1) is 17.2 Å². The average Bonchev–Trinajstić information content (AvgIpc) is 3.13. The van der Waals surface area contributed by atoms with Gasteiger partial charge in [-0.15, -0.1) is 0 Å². The molecule has 0 amide bonds. The second kappa shape index (κ2) is 4.10. The highest BCUT2D eigenvalue weighted by molar-refractivity contribution is 5.78. The average molecular weight is 231 g/mol. The first-order valence-electron chi connectivity index (χ1n) is 5.49. The summed E-state index contributed by atoms with van der Waals surface area (Å²) in [5.41, 5.74) is -0.630. The molecule has 17 heavy (non-hydrogen) atoms. The van der Waals surface area contributed by atoms with Gasteiger partial charge in [0.15, 0.2) is 0 Å². The van der Waals surface area contributed by atoms with Crippen LogP contribution in [-0.2, 0) is 4.79 Å². The van der Waals surface area contributed by atoms with Crippen molar-refractivity contribution in [3.63, 3.8) is 0 Å². The number of nitriles is 1. The first-order chi connectivity index (χ1) is 8.06. The number of hydrogen-bond donors (Lipinski definition) is 1. The molecule has 4 heteroatoms. The van der Waals surface area contributed by atoms with Crippen LogP contribution in [0.3, 0.4) is 0 Å². The molecular weight excluding hydrogens is 218 g/mol. The van der Waals surface area contributed by atoms with Gasteiger partial charge in [-0.25, -0.2) is 4.79 Å². The second-order valence-electron chi connectivity index (χ2n) is 4.42. The van der Waals surface area contributed by atoms with E-state index in [4.69, 9.17) is 10.00 Å². The Balaban J connectivity index is 2.18. The summed E-state index contributed by atoms with van der Waals surface area (Å²) >= 11 is 0. The van der Waals surface area contributed by atoms with E-state index in [1.165, 1.54) is 0 Å². The lowest BCUT2D eigenvalue weighted by Crippen LogP contribution is -2.43. The molecule has 1 N–H and O–H groups in total.